The summed E-state index contributed by atoms with van der Waals surface area (Å²) in [7, 11) is 1.36. The van der Waals surface area contributed by atoms with Crippen LogP contribution in [0, 0.1) is 17.1 Å². The number of ether oxygens (including phenoxy) is 1. The molecular weight excluding hydrogens is 171 g/mol. The van der Waals surface area contributed by atoms with Crippen molar-refractivity contribution in [2.75, 3.05) is 7.11 Å². The van der Waals surface area contributed by atoms with E-state index >= 15 is 0 Å². The molecule has 0 saturated heterocycles. The number of rotatable bonds is 2. The molecule has 0 fully saturated rings. The Bertz CT molecular complexity index is 346. The molecule has 1 aromatic rings. The van der Waals surface area contributed by atoms with Crippen molar-refractivity contribution in [3.63, 3.8) is 0 Å². The highest BCUT2D eigenvalue weighted by Crippen LogP contribution is 2.20. The first-order valence-corrected chi connectivity index (χ1v) is 3.67. The second-order valence-electron chi connectivity index (χ2n) is 2.50. The topological polar surface area (TPSA) is 59.0 Å². The fourth-order valence-corrected chi connectivity index (χ4v) is 0.944. The fourth-order valence-electron chi connectivity index (χ4n) is 0.944. The van der Waals surface area contributed by atoms with Crippen molar-refractivity contribution < 1.29 is 9.13 Å². The summed E-state index contributed by atoms with van der Waals surface area (Å²) in [6.45, 7) is 0. The van der Waals surface area contributed by atoms with Gasteiger partial charge in [-0.05, 0) is 17.7 Å². The van der Waals surface area contributed by atoms with Gasteiger partial charge in [-0.1, -0.05) is 6.07 Å². The molecular formula is C9H9FN2O. The number of hydrogen-bond donors (Lipinski definition) is 1. The number of nitrogens with zero attached hydrogens (tertiary/aromatic N) is 1. The summed E-state index contributed by atoms with van der Waals surface area (Å²) < 4.78 is 17.6. The lowest BCUT2D eigenvalue weighted by Gasteiger charge is -2.06. The molecule has 0 heterocycles. The molecule has 0 amide bonds. The number of methoxy groups -OCH3 is 1. The third-order valence-corrected chi connectivity index (χ3v) is 1.67. The van der Waals surface area contributed by atoms with Crippen LogP contribution in [-0.2, 0) is 0 Å². The van der Waals surface area contributed by atoms with Crippen molar-refractivity contribution in [1.29, 1.82) is 5.26 Å². The number of hydrogen-bond acceptors (Lipinski definition) is 3. The van der Waals surface area contributed by atoms with E-state index in [-0.39, 0.29) is 5.75 Å². The van der Waals surface area contributed by atoms with Crippen molar-refractivity contribution in [3.05, 3.63) is 29.6 Å². The Morgan fingerprint density at radius 1 is 1.62 bits per heavy atom. The lowest BCUT2D eigenvalue weighted by molar-refractivity contribution is 0.386. The molecule has 0 radical (unpaired) electrons. The van der Waals surface area contributed by atoms with Gasteiger partial charge in [0.25, 0.3) is 0 Å². The van der Waals surface area contributed by atoms with E-state index in [1.165, 1.54) is 25.3 Å². The standard InChI is InChI=1S/C9H9FN2O/c1-13-9-4-6(8(12)5-11)2-3-7(9)10/h2-4,8H,12H2,1H3/t8-/m0/s1. The highest BCUT2D eigenvalue weighted by atomic mass is 19.1. The van der Waals surface area contributed by atoms with Gasteiger partial charge in [0.05, 0.1) is 13.2 Å². The molecule has 4 heteroatoms. The van der Waals surface area contributed by atoms with Crippen LogP contribution in [0.3, 0.4) is 0 Å². The number of halogens is 1. The SMILES string of the molecule is COc1cc([C@@H](N)C#N)ccc1F. The minimum absolute atomic E-state index is 0.100. The molecule has 0 aromatic heterocycles. The molecule has 0 aliphatic carbocycles. The van der Waals surface area contributed by atoms with Crippen LogP contribution in [-0.4, -0.2) is 7.11 Å². The van der Waals surface area contributed by atoms with Crippen molar-refractivity contribution in [2.45, 2.75) is 6.04 Å². The van der Waals surface area contributed by atoms with E-state index < -0.39 is 11.9 Å². The Morgan fingerprint density at radius 2 is 2.31 bits per heavy atom. The summed E-state index contributed by atoms with van der Waals surface area (Å²) in [5.41, 5.74) is 5.97. The molecule has 0 aliphatic rings. The summed E-state index contributed by atoms with van der Waals surface area (Å²) in [5, 5.41) is 8.51. The molecule has 0 bridgehead atoms. The van der Waals surface area contributed by atoms with Crippen LogP contribution in [0.5, 0.6) is 5.75 Å². The third-order valence-electron chi connectivity index (χ3n) is 1.67. The van der Waals surface area contributed by atoms with Gasteiger partial charge < -0.3 is 10.5 Å². The van der Waals surface area contributed by atoms with Crippen LogP contribution in [0.1, 0.15) is 11.6 Å². The summed E-state index contributed by atoms with van der Waals surface area (Å²) in [6.07, 6.45) is 0. The lowest BCUT2D eigenvalue weighted by atomic mass is 10.1. The zero-order valence-electron chi connectivity index (χ0n) is 7.12. The zero-order valence-corrected chi connectivity index (χ0v) is 7.12. The minimum Gasteiger partial charge on any atom is -0.494 e. The predicted molar refractivity (Wildman–Crippen MR) is 45.5 cm³/mol. The van der Waals surface area contributed by atoms with Crippen LogP contribution in [0.4, 0.5) is 4.39 Å². The third kappa shape index (κ3) is 1.95. The molecule has 68 valence electrons. The monoisotopic (exact) mass is 180 g/mol. The van der Waals surface area contributed by atoms with E-state index in [0.717, 1.165) is 0 Å². The Labute approximate surface area is 75.5 Å². The quantitative estimate of drug-likeness (QED) is 0.747. The summed E-state index contributed by atoms with van der Waals surface area (Å²) in [5.74, 6) is -0.361. The van der Waals surface area contributed by atoms with E-state index in [1.807, 2.05) is 6.07 Å². The van der Waals surface area contributed by atoms with Gasteiger partial charge in [0, 0.05) is 0 Å². The number of nitrogens with two attached hydrogens (primary N) is 1. The maximum atomic E-state index is 12.9. The number of nitriles is 1. The maximum Gasteiger partial charge on any atom is 0.165 e. The second-order valence-corrected chi connectivity index (χ2v) is 2.50. The van der Waals surface area contributed by atoms with Gasteiger partial charge in [0.2, 0.25) is 0 Å². The maximum absolute atomic E-state index is 12.9. The Kier molecular flexibility index (Phi) is 2.83. The predicted octanol–water partition coefficient (Wildman–Crippen LogP) is 1.36. The van der Waals surface area contributed by atoms with E-state index in [4.69, 9.17) is 15.7 Å². The molecule has 3 nitrogen and oxygen atoms in total. The first kappa shape index (κ1) is 9.49. The number of benzene rings is 1. The van der Waals surface area contributed by atoms with Gasteiger partial charge in [0.1, 0.15) is 6.04 Å². The van der Waals surface area contributed by atoms with Crippen molar-refractivity contribution in [1.82, 2.24) is 0 Å². The molecule has 2 N–H and O–H groups in total. The molecule has 13 heavy (non-hydrogen) atoms. The van der Waals surface area contributed by atoms with Gasteiger partial charge in [-0.2, -0.15) is 5.26 Å². The normalized spacial score (nSPS) is 11.8. The van der Waals surface area contributed by atoms with Crippen molar-refractivity contribution in [3.8, 4) is 11.8 Å². The first-order valence-electron chi connectivity index (χ1n) is 3.67. The highest BCUT2D eigenvalue weighted by Gasteiger charge is 2.08. The zero-order chi connectivity index (χ0) is 9.84. The highest BCUT2D eigenvalue weighted by molar-refractivity contribution is 5.33. The molecule has 1 atom stereocenters. The van der Waals surface area contributed by atoms with Crippen LogP contribution >= 0.6 is 0 Å². The van der Waals surface area contributed by atoms with Crippen LogP contribution in [0.15, 0.2) is 18.2 Å². The Hall–Kier alpha value is -1.60. The van der Waals surface area contributed by atoms with E-state index in [0.29, 0.717) is 5.56 Å². The van der Waals surface area contributed by atoms with Gasteiger partial charge >= 0.3 is 0 Å². The van der Waals surface area contributed by atoms with Crippen molar-refractivity contribution >= 4 is 0 Å². The average Bonchev–Trinajstić information content (AvgIpc) is 2.17. The van der Waals surface area contributed by atoms with Gasteiger partial charge in [-0.3, -0.25) is 0 Å². The molecule has 0 aliphatic heterocycles. The summed E-state index contributed by atoms with van der Waals surface area (Å²) in [4.78, 5) is 0. The second kappa shape index (κ2) is 3.87. The molecule has 0 spiro atoms. The fraction of sp³-hybridized carbons (Fsp3) is 0.222. The van der Waals surface area contributed by atoms with E-state index in [1.54, 1.807) is 0 Å². The average molecular weight is 180 g/mol. The lowest BCUT2D eigenvalue weighted by Crippen LogP contribution is -2.07. The summed E-state index contributed by atoms with van der Waals surface area (Å²) in [6, 6.07) is 5.22. The van der Waals surface area contributed by atoms with Crippen LogP contribution < -0.4 is 10.5 Å². The smallest absolute Gasteiger partial charge is 0.165 e. The molecule has 1 aromatic carbocycles. The molecule has 0 unspecified atom stereocenters. The minimum atomic E-state index is -0.741. The molecule has 1 rings (SSSR count). The largest absolute Gasteiger partial charge is 0.494 e. The van der Waals surface area contributed by atoms with E-state index in [9.17, 15) is 4.39 Å². The first-order chi connectivity index (χ1) is 6.19. The Balaban J connectivity index is 3.08. The van der Waals surface area contributed by atoms with Gasteiger partial charge in [-0.25, -0.2) is 4.39 Å². The van der Waals surface area contributed by atoms with Crippen LogP contribution in [0.2, 0.25) is 0 Å². The van der Waals surface area contributed by atoms with E-state index in [2.05, 4.69) is 0 Å². The van der Waals surface area contributed by atoms with Crippen LogP contribution in [0.25, 0.3) is 0 Å². The van der Waals surface area contributed by atoms with Gasteiger partial charge in [-0.15, -0.1) is 0 Å². The van der Waals surface area contributed by atoms with Gasteiger partial charge in [0.15, 0.2) is 11.6 Å². The van der Waals surface area contributed by atoms with Crippen molar-refractivity contribution in [2.24, 2.45) is 5.73 Å². The summed E-state index contributed by atoms with van der Waals surface area (Å²) >= 11 is 0. The Morgan fingerprint density at radius 3 is 2.85 bits per heavy atom. The molecule has 0 saturated carbocycles.